The first kappa shape index (κ1) is 12.9. The van der Waals surface area contributed by atoms with E-state index < -0.39 is 5.97 Å². The highest BCUT2D eigenvalue weighted by Crippen LogP contribution is 2.27. The molecule has 0 heterocycles. The molecule has 4 nitrogen and oxygen atoms in total. The number of carbonyl (C=O) groups is 1. The fraction of sp³-hybridized carbons (Fsp3) is 0.500. The number of carboxylic acid groups (broad SMARTS) is 1. The molecule has 1 aliphatic rings. The van der Waals surface area contributed by atoms with E-state index in [-0.39, 0.29) is 12.0 Å². The Morgan fingerprint density at radius 3 is 2.94 bits per heavy atom. The molecule has 2 rings (SSSR count). The monoisotopic (exact) mass is 249 g/mol. The summed E-state index contributed by atoms with van der Waals surface area (Å²) in [6, 6.07) is 8.02. The molecule has 1 saturated carbocycles. The summed E-state index contributed by atoms with van der Waals surface area (Å²) in [6.45, 7) is 3.27. The highest BCUT2D eigenvalue weighted by molar-refractivity contribution is 5.72. The van der Waals surface area contributed by atoms with Gasteiger partial charge in [-0.05, 0) is 37.5 Å². The Labute approximate surface area is 107 Å². The normalized spacial score (nSPS) is 22.3. The van der Waals surface area contributed by atoms with Crippen LogP contribution in [0, 0.1) is 12.8 Å². The van der Waals surface area contributed by atoms with Crippen LogP contribution >= 0.6 is 0 Å². The van der Waals surface area contributed by atoms with E-state index in [0.717, 1.165) is 18.6 Å². The summed E-state index contributed by atoms with van der Waals surface area (Å²) in [5.41, 5.74) is 1.17. The minimum absolute atomic E-state index is 0.114. The topological polar surface area (TPSA) is 58.6 Å². The standard InChI is InChI=1S/C14H19NO3/c1-10-3-2-4-11(9-10)18-8-7-15-13-6-5-12(13)14(16)17/h2-4,9,12-13,15H,5-8H2,1H3,(H,16,17). The van der Waals surface area contributed by atoms with Gasteiger partial charge in [-0.2, -0.15) is 0 Å². The molecule has 18 heavy (non-hydrogen) atoms. The largest absolute Gasteiger partial charge is 0.492 e. The molecule has 2 N–H and O–H groups in total. The third-order valence-corrected chi connectivity index (χ3v) is 3.36. The minimum Gasteiger partial charge on any atom is -0.492 e. The fourth-order valence-corrected chi connectivity index (χ4v) is 2.16. The molecular weight excluding hydrogens is 230 g/mol. The Hall–Kier alpha value is -1.55. The van der Waals surface area contributed by atoms with Gasteiger partial charge in [0.25, 0.3) is 0 Å². The molecule has 0 radical (unpaired) electrons. The molecule has 1 fully saturated rings. The van der Waals surface area contributed by atoms with Gasteiger partial charge in [-0.3, -0.25) is 4.79 Å². The molecule has 0 bridgehead atoms. The number of ether oxygens (including phenoxy) is 1. The molecule has 2 atom stereocenters. The van der Waals surface area contributed by atoms with E-state index in [1.165, 1.54) is 5.56 Å². The zero-order chi connectivity index (χ0) is 13.0. The van der Waals surface area contributed by atoms with E-state index in [9.17, 15) is 4.79 Å². The van der Waals surface area contributed by atoms with Crippen molar-refractivity contribution in [1.82, 2.24) is 5.32 Å². The number of aliphatic carboxylic acids is 1. The van der Waals surface area contributed by atoms with Gasteiger partial charge in [0, 0.05) is 12.6 Å². The van der Waals surface area contributed by atoms with Gasteiger partial charge < -0.3 is 15.2 Å². The van der Waals surface area contributed by atoms with Gasteiger partial charge in [-0.15, -0.1) is 0 Å². The Morgan fingerprint density at radius 2 is 2.33 bits per heavy atom. The second-order valence-corrected chi connectivity index (χ2v) is 4.75. The van der Waals surface area contributed by atoms with Gasteiger partial charge in [-0.1, -0.05) is 12.1 Å². The molecule has 0 amide bonds. The fourth-order valence-electron chi connectivity index (χ4n) is 2.16. The van der Waals surface area contributed by atoms with Crippen molar-refractivity contribution in [3.05, 3.63) is 29.8 Å². The molecule has 98 valence electrons. The van der Waals surface area contributed by atoms with Crippen molar-refractivity contribution in [1.29, 1.82) is 0 Å². The van der Waals surface area contributed by atoms with Gasteiger partial charge in [-0.25, -0.2) is 0 Å². The van der Waals surface area contributed by atoms with E-state index in [1.807, 2.05) is 31.2 Å². The molecule has 2 unspecified atom stereocenters. The Kier molecular flexibility index (Phi) is 4.20. The first-order valence-corrected chi connectivity index (χ1v) is 6.32. The van der Waals surface area contributed by atoms with Crippen molar-refractivity contribution in [2.24, 2.45) is 5.92 Å². The average molecular weight is 249 g/mol. The van der Waals surface area contributed by atoms with Crippen molar-refractivity contribution in [2.75, 3.05) is 13.2 Å². The van der Waals surface area contributed by atoms with Crippen LogP contribution in [0.3, 0.4) is 0 Å². The van der Waals surface area contributed by atoms with Crippen molar-refractivity contribution in [2.45, 2.75) is 25.8 Å². The molecule has 1 aromatic carbocycles. The lowest BCUT2D eigenvalue weighted by molar-refractivity contribution is -0.146. The van der Waals surface area contributed by atoms with Crippen LogP contribution in [0.1, 0.15) is 18.4 Å². The predicted octanol–water partition coefficient (Wildman–Crippen LogP) is 1.83. The van der Waals surface area contributed by atoms with Crippen LogP contribution in [0.4, 0.5) is 0 Å². The number of aryl methyl sites for hydroxylation is 1. The highest BCUT2D eigenvalue weighted by Gasteiger charge is 2.35. The molecular formula is C14H19NO3. The van der Waals surface area contributed by atoms with Crippen LogP contribution < -0.4 is 10.1 Å². The Balaban J connectivity index is 1.66. The summed E-state index contributed by atoms with van der Waals surface area (Å²) >= 11 is 0. The van der Waals surface area contributed by atoms with E-state index in [2.05, 4.69) is 5.32 Å². The van der Waals surface area contributed by atoms with Crippen molar-refractivity contribution < 1.29 is 14.6 Å². The summed E-state index contributed by atoms with van der Waals surface area (Å²) in [6.07, 6.45) is 1.73. The molecule has 0 aromatic heterocycles. The molecule has 0 aliphatic heterocycles. The number of hydrogen-bond acceptors (Lipinski definition) is 3. The summed E-state index contributed by atoms with van der Waals surface area (Å²) in [5, 5.41) is 12.1. The van der Waals surface area contributed by atoms with Crippen molar-refractivity contribution in [3.8, 4) is 5.75 Å². The summed E-state index contributed by atoms with van der Waals surface area (Å²) in [5.74, 6) is -0.0532. The molecule has 1 aliphatic carbocycles. The van der Waals surface area contributed by atoms with Gasteiger partial charge in [0.05, 0.1) is 5.92 Å². The maximum atomic E-state index is 10.8. The number of nitrogens with one attached hydrogen (secondary N) is 1. The number of hydrogen-bond donors (Lipinski definition) is 2. The zero-order valence-electron chi connectivity index (χ0n) is 10.6. The lowest BCUT2D eigenvalue weighted by atomic mass is 9.79. The lowest BCUT2D eigenvalue weighted by Crippen LogP contribution is -2.48. The quantitative estimate of drug-likeness (QED) is 0.755. The Morgan fingerprint density at radius 1 is 1.50 bits per heavy atom. The second-order valence-electron chi connectivity index (χ2n) is 4.75. The van der Waals surface area contributed by atoms with Crippen molar-refractivity contribution >= 4 is 5.97 Å². The van der Waals surface area contributed by atoms with Crippen LogP contribution in [-0.2, 0) is 4.79 Å². The second kappa shape index (κ2) is 5.87. The molecule has 1 aromatic rings. The maximum absolute atomic E-state index is 10.8. The predicted molar refractivity (Wildman–Crippen MR) is 68.8 cm³/mol. The van der Waals surface area contributed by atoms with Gasteiger partial charge in [0.1, 0.15) is 12.4 Å². The van der Waals surface area contributed by atoms with Crippen LogP contribution in [0.15, 0.2) is 24.3 Å². The van der Waals surface area contributed by atoms with Gasteiger partial charge >= 0.3 is 5.97 Å². The van der Waals surface area contributed by atoms with E-state index >= 15 is 0 Å². The SMILES string of the molecule is Cc1cccc(OCCNC2CCC2C(=O)O)c1. The van der Waals surface area contributed by atoms with E-state index in [0.29, 0.717) is 13.2 Å². The summed E-state index contributed by atoms with van der Waals surface area (Å²) < 4.78 is 5.59. The molecule has 0 saturated heterocycles. The van der Waals surface area contributed by atoms with Crippen LogP contribution in [0.5, 0.6) is 5.75 Å². The minimum atomic E-state index is -0.696. The van der Waals surface area contributed by atoms with Gasteiger partial charge in [0.2, 0.25) is 0 Å². The number of benzene rings is 1. The van der Waals surface area contributed by atoms with Gasteiger partial charge in [0.15, 0.2) is 0 Å². The first-order valence-electron chi connectivity index (χ1n) is 6.32. The maximum Gasteiger partial charge on any atom is 0.308 e. The lowest BCUT2D eigenvalue weighted by Gasteiger charge is -2.34. The Bertz CT molecular complexity index is 419. The van der Waals surface area contributed by atoms with E-state index in [1.54, 1.807) is 0 Å². The van der Waals surface area contributed by atoms with Crippen LogP contribution in [0.25, 0.3) is 0 Å². The molecule has 4 heteroatoms. The summed E-state index contributed by atoms with van der Waals surface area (Å²) in [7, 11) is 0. The zero-order valence-corrected chi connectivity index (χ0v) is 10.6. The van der Waals surface area contributed by atoms with Crippen LogP contribution in [0.2, 0.25) is 0 Å². The third-order valence-electron chi connectivity index (χ3n) is 3.36. The summed E-state index contributed by atoms with van der Waals surface area (Å²) in [4.78, 5) is 10.8. The first-order chi connectivity index (χ1) is 8.66. The third kappa shape index (κ3) is 3.23. The number of rotatable bonds is 6. The smallest absolute Gasteiger partial charge is 0.308 e. The highest BCUT2D eigenvalue weighted by atomic mass is 16.5. The van der Waals surface area contributed by atoms with Crippen molar-refractivity contribution in [3.63, 3.8) is 0 Å². The average Bonchev–Trinajstić information content (AvgIpc) is 2.26. The van der Waals surface area contributed by atoms with Crippen LogP contribution in [-0.4, -0.2) is 30.3 Å². The van der Waals surface area contributed by atoms with E-state index in [4.69, 9.17) is 9.84 Å². The number of carboxylic acids is 1. The molecule has 0 spiro atoms.